The SMILES string of the molecule is CCn1ccnc1C1(O)CCC(C)C(C)C1. The van der Waals surface area contributed by atoms with Crippen molar-refractivity contribution in [2.24, 2.45) is 11.8 Å². The van der Waals surface area contributed by atoms with Gasteiger partial charge in [0, 0.05) is 18.9 Å². The fourth-order valence-electron chi connectivity index (χ4n) is 2.76. The Balaban J connectivity index is 2.25. The Morgan fingerprint density at radius 3 is 2.88 bits per heavy atom. The van der Waals surface area contributed by atoms with Gasteiger partial charge < -0.3 is 9.67 Å². The molecule has 1 fully saturated rings. The van der Waals surface area contributed by atoms with Gasteiger partial charge in [0.2, 0.25) is 0 Å². The predicted molar refractivity (Wildman–Crippen MR) is 64.0 cm³/mol. The highest BCUT2D eigenvalue weighted by Gasteiger charge is 2.40. The summed E-state index contributed by atoms with van der Waals surface area (Å²) in [6.07, 6.45) is 6.52. The van der Waals surface area contributed by atoms with E-state index in [9.17, 15) is 5.11 Å². The van der Waals surface area contributed by atoms with Crippen LogP contribution in [0.3, 0.4) is 0 Å². The van der Waals surface area contributed by atoms with E-state index in [0.717, 1.165) is 31.6 Å². The van der Waals surface area contributed by atoms with Gasteiger partial charge in [0.25, 0.3) is 0 Å². The zero-order valence-corrected chi connectivity index (χ0v) is 10.5. The van der Waals surface area contributed by atoms with Crippen LogP contribution >= 0.6 is 0 Å². The standard InChI is InChI=1S/C13H22N2O/c1-4-15-8-7-14-12(15)13(16)6-5-10(2)11(3)9-13/h7-8,10-11,16H,4-6,9H2,1-3H3. The summed E-state index contributed by atoms with van der Waals surface area (Å²) in [5.74, 6) is 2.14. The number of aromatic nitrogens is 2. The fraction of sp³-hybridized carbons (Fsp3) is 0.769. The van der Waals surface area contributed by atoms with E-state index in [1.807, 2.05) is 6.20 Å². The molecule has 3 atom stereocenters. The number of nitrogens with zero attached hydrogens (tertiary/aromatic N) is 2. The van der Waals surface area contributed by atoms with Crippen molar-refractivity contribution in [3.63, 3.8) is 0 Å². The third kappa shape index (κ3) is 1.88. The third-order valence-corrected chi connectivity index (χ3v) is 4.12. The van der Waals surface area contributed by atoms with Crippen LogP contribution in [0.4, 0.5) is 0 Å². The highest BCUT2D eigenvalue weighted by Crippen LogP contribution is 2.41. The topological polar surface area (TPSA) is 38.0 Å². The Bertz CT molecular complexity index is 361. The summed E-state index contributed by atoms with van der Waals surface area (Å²) in [5.41, 5.74) is -0.703. The van der Waals surface area contributed by atoms with Gasteiger partial charge in [-0.2, -0.15) is 0 Å². The largest absolute Gasteiger partial charge is 0.382 e. The van der Waals surface area contributed by atoms with Crippen LogP contribution in [-0.4, -0.2) is 14.7 Å². The number of aliphatic hydroxyl groups is 1. The molecule has 0 saturated heterocycles. The summed E-state index contributed by atoms with van der Waals surface area (Å²) in [4.78, 5) is 4.35. The number of aryl methyl sites for hydroxylation is 1. The van der Waals surface area contributed by atoms with Crippen LogP contribution in [0.1, 0.15) is 45.9 Å². The maximum Gasteiger partial charge on any atom is 0.140 e. The van der Waals surface area contributed by atoms with Crippen molar-refractivity contribution in [1.29, 1.82) is 0 Å². The van der Waals surface area contributed by atoms with Crippen molar-refractivity contribution in [3.8, 4) is 0 Å². The Morgan fingerprint density at radius 2 is 2.25 bits per heavy atom. The zero-order chi connectivity index (χ0) is 11.8. The molecule has 1 saturated carbocycles. The lowest BCUT2D eigenvalue weighted by Crippen LogP contribution is -2.37. The minimum absolute atomic E-state index is 0.570. The molecule has 90 valence electrons. The molecule has 1 aromatic heterocycles. The van der Waals surface area contributed by atoms with Crippen molar-refractivity contribution in [2.75, 3.05) is 0 Å². The van der Waals surface area contributed by atoms with Gasteiger partial charge in [-0.05, 0) is 38.0 Å². The number of imidazole rings is 1. The molecule has 0 spiro atoms. The summed E-state index contributed by atoms with van der Waals surface area (Å²) >= 11 is 0. The van der Waals surface area contributed by atoms with E-state index in [4.69, 9.17) is 0 Å². The average Bonchev–Trinajstić information content (AvgIpc) is 2.73. The van der Waals surface area contributed by atoms with Crippen LogP contribution in [0.2, 0.25) is 0 Å². The predicted octanol–water partition coefficient (Wildman–Crippen LogP) is 2.55. The maximum atomic E-state index is 10.7. The van der Waals surface area contributed by atoms with Crippen molar-refractivity contribution >= 4 is 0 Å². The summed E-state index contributed by atoms with van der Waals surface area (Å²) in [5, 5.41) is 10.7. The average molecular weight is 222 g/mol. The van der Waals surface area contributed by atoms with Gasteiger partial charge >= 0.3 is 0 Å². The van der Waals surface area contributed by atoms with Gasteiger partial charge in [-0.1, -0.05) is 13.8 Å². The van der Waals surface area contributed by atoms with Crippen molar-refractivity contribution < 1.29 is 5.11 Å². The van der Waals surface area contributed by atoms with Crippen LogP contribution < -0.4 is 0 Å². The van der Waals surface area contributed by atoms with Crippen molar-refractivity contribution in [3.05, 3.63) is 18.2 Å². The normalized spacial score (nSPS) is 35.2. The second-order valence-electron chi connectivity index (χ2n) is 5.27. The Hall–Kier alpha value is -0.830. The molecule has 1 aliphatic rings. The molecular formula is C13H22N2O. The minimum atomic E-state index is -0.703. The molecule has 1 aromatic rings. The molecule has 1 aliphatic carbocycles. The molecule has 0 bridgehead atoms. The summed E-state index contributed by atoms with van der Waals surface area (Å²) in [6.45, 7) is 7.47. The summed E-state index contributed by atoms with van der Waals surface area (Å²) < 4.78 is 2.06. The van der Waals surface area contributed by atoms with E-state index < -0.39 is 5.60 Å². The Labute approximate surface area is 97.5 Å². The molecule has 0 aromatic carbocycles. The van der Waals surface area contributed by atoms with Crippen LogP contribution in [0.5, 0.6) is 0 Å². The molecule has 3 unspecified atom stereocenters. The molecule has 3 nitrogen and oxygen atoms in total. The van der Waals surface area contributed by atoms with E-state index in [2.05, 4.69) is 30.3 Å². The lowest BCUT2D eigenvalue weighted by molar-refractivity contribution is -0.0431. The van der Waals surface area contributed by atoms with Crippen molar-refractivity contribution in [1.82, 2.24) is 9.55 Å². The third-order valence-electron chi connectivity index (χ3n) is 4.12. The van der Waals surface area contributed by atoms with Crippen LogP contribution in [0.25, 0.3) is 0 Å². The first kappa shape index (κ1) is 11.6. The molecule has 0 amide bonds. The Kier molecular flexibility index (Phi) is 3.06. The van der Waals surface area contributed by atoms with Gasteiger partial charge in [0.15, 0.2) is 0 Å². The highest BCUT2D eigenvalue weighted by molar-refractivity contribution is 5.07. The quantitative estimate of drug-likeness (QED) is 0.835. The second kappa shape index (κ2) is 4.21. The maximum absolute atomic E-state index is 10.7. The molecule has 2 rings (SSSR count). The molecule has 1 heterocycles. The van der Waals surface area contributed by atoms with E-state index in [1.165, 1.54) is 0 Å². The molecular weight excluding hydrogens is 200 g/mol. The van der Waals surface area contributed by atoms with E-state index in [1.54, 1.807) is 6.20 Å². The first-order valence-corrected chi connectivity index (χ1v) is 6.31. The van der Waals surface area contributed by atoms with Crippen LogP contribution in [0.15, 0.2) is 12.4 Å². The second-order valence-corrected chi connectivity index (χ2v) is 5.27. The minimum Gasteiger partial charge on any atom is -0.382 e. The lowest BCUT2D eigenvalue weighted by atomic mass is 9.73. The van der Waals surface area contributed by atoms with Gasteiger partial charge in [-0.25, -0.2) is 4.98 Å². The highest BCUT2D eigenvalue weighted by atomic mass is 16.3. The fourth-order valence-corrected chi connectivity index (χ4v) is 2.76. The van der Waals surface area contributed by atoms with Crippen LogP contribution in [-0.2, 0) is 12.1 Å². The Morgan fingerprint density at radius 1 is 1.50 bits per heavy atom. The molecule has 0 radical (unpaired) electrons. The van der Waals surface area contributed by atoms with E-state index >= 15 is 0 Å². The molecule has 16 heavy (non-hydrogen) atoms. The first-order chi connectivity index (χ1) is 7.57. The zero-order valence-electron chi connectivity index (χ0n) is 10.5. The van der Waals surface area contributed by atoms with Crippen molar-refractivity contribution in [2.45, 2.75) is 52.2 Å². The smallest absolute Gasteiger partial charge is 0.140 e. The number of hydrogen-bond acceptors (Lipinski definition) is 2. The summed E-state index contributed by atoms with van der Waals surface area (Å²) in [7, 11) is 0. The summed E-state index contributed by atoms with van der Waals surface area (Å²) in [6, 6.07) is 0. The van der Waals surface area contributed by atoms with Gasteiger partial charge in [0.1, 0.15) is 11.4 Å². The molecule has 3 heteroatoms. The monoisotopic (exact) mass is 222 g/mol. The van der Waals surface area contributed by atoms with Crippen LogP contribution in [0, 0.1) is 11.8 Å². The lowest BCUT2D eigenvalue weighted by Gasteiger charge is -2.38. The van der Waals surface area contributed by atoms with Gasteiger partial charge in [-0.15, -0.1) is 0 Å². The van der Waals surface area contributed by atoms with E-state index in [-0.39, 0.29) is 0 Å². The molecule has 0 aliphatic heterocycles. The van der Waals surface area contributed by atoms with Gasteiger partial charge in [-0.3, -0.25) is 0 Å². The number of hydrogen-bond donors (Lipinski definition) is 1. The first-order valence-electron chi connectivity index (χ1n) is 6.31. The number of rotatable bonds is 2. The molecule has 1 N–H and O–H groups in total. The van der Waals surface area contributed by atoms with Gasteiger partial charge in [0.05, 0.1) is 0 Å². The van der Waals surface area contributed by atoms with E-state index in [0.29, 0.717) is 11.8 Å².